The van der Waals surface area contributed by atoms with Crippen LogP contribution in [0.3, 0.4) is 0 Å². The zero-order valence-electron chi connectivity index (χ0n) is 15.7. The third-order valence-corrected chi connectivity index (χ3v) is 4.44. The first-order valence-electron chi connectivity index (χ1n) is 8.96. The summed E-state index contributed by atoms with van der Waals surface area (Å²) in [6, 6.07) is 2.82. The molecule has 28 heavy (non-hydrogen) atoms. The van der Waals surface area contributed by atoms with E-state index >= 15 is 0 Å². The molecule has 1 saturated carbocycles. The van der Waals surface area contributed by atoms with Crippen molar-refractivity contribution in [2.75, 3.05) is 7.11 Å². The van der Waals surface area contributed by atoms with Gasteiger partial charge in [0.15, 0.2) is 6.10 Å². The largest absolute Gasteiger partial charge is 0.496 e. The molecule has 0 bridgehead atoms. The van der Waals surface area contributed by atoms with Gasteiger partial charge in [0, 0.05) is 18.2 Å². The molecule has 0 radical (unpaired) electrons. The number of esters is 1. The van der Waals surface area contributed by atoms with Crippen LogP contribution in [0.1, 0.15) is 49.4 Å². The summed E-state index contributed by atoms with van der Waals surface area (Å²) in [5.41, 5.74) is -0.514. The number of nitro groups is 1. The second-order valence-electron chi connectivity index (χ2n) is 6.49. The number of hydrogen-bond donors (Lipinski definition) is 2. The molecule has 3 amide bonds. The zero-order valence-corrected chi connectivity index (χ0v) is 15.7. The van der Waals surface area contributed by atoms with Crippen molar-refractivity contribution in [2.45, 2.75) is 51.2 Å². The molecule has 1 fully saturated rings. The van der Waals surface area contributed by atoms with E-state index in [0.29, 0.717) is 0 Å². The lowest BCUT2D eigenvalue weighted by atomic mass is 9.96. The Bertz CT molecular complexity index is 760. The number of amides is 3. The summed E-state index contributed by atoms with van der Waals surface area (Å²) < 4.78 is 10.0. The smallest absolute Gasteiger partial charge is 0.342 e. The minimum atomic E-state index is -1.28. The second kappa shape index (κ2) is 9.67. The Kier molecular flexibility index (Phi) is 7.30. The molecule has 10 nitrogen and oxygen atoms in total. The van der Waals surface area contributed by atoms with Crippen LogP contribution in [0.15, 0.2) is 18.2 Å². The van der Waals surface area contributed by atoms with Crippen LogP contribution in [0.4, 0.5) is 10.5 Å². The van der Waals surface area contributed by atoms with Gasteiger partial charge in [0.25, 0.3) is 11.6 Å². The number of hydrogen-bond acceptors (Lipinski definition) is 7. The number of ether oxygens (including phenoxy) is 2. The molecule has 0 heterocycles. The Labute approximate surface area is 161 Å². The maximum atomic E-state index is 12.3. The molecule has 0 spiro atoms. The van der Waals surface area contributed by atoms with Crippen LogP contribution in [0.2, 0.25) is 0 Å². The number of rotatable bonds is 6. The number of benzene rings is 1. The van der Waals surface area contributed by atoms with Crippen molar-refractivity contribution in [3.8, 4) is 5.75 Å². The Morgan fingerprint density at radius 1 is 1.21 bits per heavy atom. The van der Waals surface area contributed by atoms with Gasteiger partial charge >= 0.3 is 12.0 Å². The van der Waals surface area contributed by atoms with E-state index in [1.54, 1.807) is 0 Å². The van der Waals surface area contributed by atoms with E-state index < -0.39 is 28.9 Å². The minimum absolute atomic E-state index is 0.0218. The van der Waals surface area contributed by atoms with Gasteiger partial charge in [-0.25, -0.2) is 9.59 Å². The highest BCUT2D eigenvalue weighted by Crippen LogP contribution is 2.25. The van der Waals surface area contributed by atoms with Crippen molar-refractivity contribution in [3.63, 3.8) is 0 Å². The van der Waals surface area contributed by atoms with Gasteiger partial charge in [-0.05, 0) is 25.8 Å². The summed E-state index contributed by atoms with van der Waals surface area (Å²) in [5, 5.41) is 15.8. The molecular weight excluding hydrogens is 370 g/mol. The van der Waals surface area contributed by atoms with Crippen molar-refractivity contribution in [2.24, 2.45) is 0 Å². The van der Waals surface area contributed by atoms with Crippen molar-refractivity contribution < 1.29 is 28.8 Å². The lowest BCUT2D eigenvalue weighted by Crippen LogP contribution is -2.48. The van der Waals surface area contributed by atoms with Gasteiger partial charge in [-0.3, -0.25) is 20.2 Å². The van der Waals surface area contributed by atoms with Gasteiger partial charge in [0.2, 0.25) is 0 Å². The zero-order chi connectivity index (χ0) is 20.7. The summed E-state index contributed by atoms with van der Waals surface area (Å²) in [7, 11) is 1.30. The molecule has 152 valence electrons. The second-order valence-corrected chi connectivity index (χ2v) is 6.49. The summed E-state index contributed by atoms with van der Waals surface area (Å²) >= 11 is 0. The Hall–Kier alpha value is -3.17. The third-order valence-electron chi connectivity index (χ3n) is 4.44. The highest BCUT2D eigenvalue weighted by atomic mass is 16.6. The number of non-ortho nitro benzene ring substituents is 1. The van der Waals surface area contributed by atoms with Crippen LogP contribution < -0.4 is 15.4 Å². The molecule has 0 unspecified atom stereocenters. The molecule has 1 aromatic carbocycles. The first-order chi connectivity index (χ1) is 13.3. The number of carbonyl (C=O) groups is 3. The van der Waals surface area contributed by atoms with E-state index in [0.717, 1.165) is 38.2 Å². The fraction of sp³-hybridized carbons (Fsp3) is 0.500. The molecule has 2 N–H and O–H groups in total. The monoisotopic (exact) mass is 393 g/mol. The summed E-state index contributed by atoms with van der Waals surface area (Å²) in [5.74, 6) is -1.71. The van der Waals surface area contributed by atoms with Crippen LogP contribution in [0, 0.1) is 10.1 Å². The average molecular weight is 393 g/mol. The Morgan fingerprint density at radius 2 is 1.89 bits per heavy atom. The number of carbonyl (C=O) groups excluding carboxylic acids is 3. The van der Waals surface area contributed by atoms with E-state index in [2.05, 4.69) is 10.6 Å². The van der Waals surface area contributed by atoms with Crippen LogP contribution in [0.25, 0.3) is 0 Å². The number of nitrogens with one attached hydrogen (secondary N) is 2. The van der Waals surface area contributed by atoms with Crippen LogP contribution >= 0.6 is 0 Å². The van der Waals surface area contributed by atoms with Crippen molar-refractivity contribution in [3.05, 3.63) is 33.9 Å². The fourth-order valence-corrected chi connectivity index (χ4v) is 2.93. The van der Waals surface area contributed by atoms with Gasteiger partial charge in [-0.15, -0.1) is 0 Å². The molecular formula is C18H23N3O7. The predicted molar refractivity (Wildman–Crippen MR) is 98.1 cm³/mol. The SMILES string of the molecule is COc1ccc([N+](=O)[O-])cc1C(=O)O[C@@H](C)C(=O)NC(=O)NC1CCCCC1. The first-order valence-corrected chi connectivity index (χ1v) is 8.96. The van der Waals surface area contributed by atoms with E-state index in [1.165, 1.54) is 26.2 Å². The summed E-state index contributed by atoms with van der Waals surface area (Å²) in [6.45, 7) is 1.30. The van der Waals surface area contributed by atoms with Crippen LogP contribution in [0.5, 0.6) is 5.75 Å². The van der Waals surface area contributed by atoms with Crippen molar-refractivity contribution in [1.82, 2.24) is 10.6 Å². The van der Waals surface area contributed by atoms with Crippen LogP contribution in [-0.4, -0.2) is 42.1 Å². The van der Waals surface area contributed by atoms with Crippen molar-refractivity contribution >= 4 is 23.6 Å². The third kappa shape index (κ3) is 5.66. The van der Waals surface area contributed by atoms with Gasteiger partial charge < -0.3 is 14.8 Å². The van der Waals surface area contributed by atoms with Gasteiger partial charge in [0.05, 0.1) is 12.0 Å². The lowest BCUT2D eigenvalue weighted by molar-refractivity contribution is -0.384. The van der Waals surface area contributed by atoms with E-state index in [-0.39, 0.29) is 23.0 Å². The number of nitro benzene ring substituents is 1. The Balaban J connectivity index is 1.95. The van der Waals surface area contributed by atoms with Gasteiger partial charge in [0.1, 0.15) is 11.3 Å². The molecule has 1 aliphatic carbocycles. The molecule has 10 heteroatoms. The predicted octanol–water partition coefficient (Wildman–Crippen LogP) is 2.31. The first kappa shape index (κ1) is 21.1. The van der Waals surface area contributed by atoms with E-state index in [1.807, 2.05) is 0 Å². The number of methoxy groups -OCH3 is 1. The van der Waals surface area contributed by atoms with Gasteiger partial charge in [-0.2, -0.15) is 0 Å². The molecule has 0 aromatic heterocycles. The molecule has 2 rings (SSSR count). The van der Waals surface area contributed by atoms with E-state index in [9.17, 15) is 24.5 Å². The van der Waals surface area contributed by atoms with Crippen molar-refractivity contribution in [1.29, 1.82) is 0 Å². The van der Waals surface area contributed by atoms with Gasteiger partial charge in [-0.1, -0.05) is 19.3 Å². The standard InChI is InChI=1S/C18H23N3O7/c1-11(16(22)20-18(24)19-12-6-4-3-5-7-12)28-17(23)14-10-13(21(25)26)8-9-15(14)27-2/h8-12H,3-7H2,1-2H3,(H2,19,20,22,24)/t11-/m0/s1. The highest BCUT2D eigenvalue weighted by molar-refractivity contribution is 5.99. The summed E-state index contributed by atoms with van der Waals surface area (Å²) in [6.07, 6.45) is 3.62. The Morgan fingerprint density at radius 3 is 2.50 bits per heavy atom. The molecule has 1 aliphatic rings. The maximum absolute atomic E-state index is 12.3. The number of urea groups is 1. The average Bonchev–Trinajstić information content (AvgIpc) is 2.67. The lowest BCUT2D eigenvalue weighted by Gasteiger charge is -2.23. The topological polar surface area (TPSA) is 137 Å². The molecule has 1 aromatic rings. The maximum Gasteiger partial charge on any atom is 0.342 e. The number of nitrogens with zero attached hydrogens (tertiary/aromatic N) is 1. The molecule has 0 aliphatic heterocycles. The molecule has 1 atom stereocenters. The minimum Gasteiger partial charge on any atom is -0.496 e. The normalized spacial score (nSPS) is 15.2. The quantitative estimate of drug-likeness (QED) is 0.430. The fourth-order valence-electron chi connectivity index (χ4n) is 2.93. The highest BCUT2D eigenvalue weighted by Gasteiger charge is 2.25. The van der Waals surface area contributed by atoms with Crippen LogP contribution in [-0.2, 0) is 9.53 Å². The molecule has 0 saturated heterocycles. The summed E-state index contributed by atoms with van der Waals surface area (Å²) in [4.78, 5) is 46.6. The van der Waals surface area contributed by atoms with E-state index in [4.69, 9.17) is 9.47 Å². The number of imide groups is 1.